The van der Waals surface area contributed by atoms with Crippen molar-refractivity contribution >= 4 is 34.6 Å². The van der Waals surface area contributed by atoms with Crippen molar-refractivity contribution in [1.29, 1.82) is 0 Å². The first-order chi connectivity index (χ1) is 15.7. The predicted octanol–water partition coefficient (Wildman–Crippen LogP) is 5.49. The van der Waals surface area contributed by atoms with Crippen LogP contribution in [0.4, 0.5) is 29.3 Å². The molecule has 0 radical (unpaired) electrons. The average molecular weight is 475 g/mol. The summed E-state index contributed by atoms with van der Waals surface area (Å²) >= 11 is 1.09. The fourth-order valence-electron chi connectivity index (χ4n) is 3.52. The number of nitrogens with zero attached hydrogens (tertiary/aromatic N) is 3. The van der Waals surface area contributed by atoms with Gasteiger partial charge in [0.15, 0.2) is 0 Å². The second-order valence-electron chi connectivity index (χ2n) is 7.63. The Labute approximate surface area is 191 Å². The van der Waals surface area contributed by atoms with Crippen molar-refractivity contribution in [2.45, 2.75) is 32.0 Å². The number of hydrogen-bond donors (Lipinski definition) is 2. The molecule has 0 saturated carbocycles. The number of hydrogen-bond acceptors (Lipinski definition) is 5. The summed E-state index contributed by atoms with van der Waals surface area (Å²) in [5, 5.41) is 14.0. The maximum absolute atomic E-state index is 12.9. The van der Waals surface area contributed by atoms with E-state index in [1.54, 1.807) is 12.1 Å². The van der Waals surface area contributed by atoms with E-state index in [4.69, 9.17) is 0 Å². The van der Waals surface area contributed by atoms with Crippen LogP contribution in [0.1, 0.15) is 44.8 Å². The number of halogens is 3. The van der Waals surface area contributed by atoms with Gasteiger partial charge >= 0.3 is 12.2 Å². The minimum Gasteiger partial charge on any atom is -0.320 e. The van der Waals surface area contributed by atoms with Gasteiger partial charge in [-0.15, -0.1) is 10.2 Å². The highest BCUT2D eigenvalue weighted by Gasteiger charge is 2.34. The number of aryl methyl sites for hydroxylation is 1. The second-order valence-corrected chi connectivity index (χ2v) is 8.63. The third-order valence-electron chi connectivity index (χ3n) is 5.18. The number of alkyl halides is 3. The third kappa shape index (κ3) is 5.30. The molecule has 2 N–H and O–H groups in total. The van der Waals surface area contributed by atoms with Crippen LogP contribution < -0.4 is 10.6 Å². The van der Waals surface area contributed by atoms with Gasteiger partial charge in [0, 0.05) is 17.9 Å². The Morgan fingerprint density at radius 3 is 2.55 bits per heavy atom. The van der Waals surface area contributed by atoms with Gasteiger partial charge in [0.1, 0.15) is 5.01 Å². The highest BCUT2D eigenvalue weighted by Crippen LogP contribution is 2.35. The molecule has 3 aromatic rings. The van der Waals surface area contributed by atoms with Gasteiger partial charge in [-0.05, 0) is 50.1 Å². The van der Waals surface area contributed by atoms with Crippen molar-refractivity contribution in [1.82, 2.24) is 15.1 Å². The summed E-state index contributed by atoms with van der Waals surface area (Å²) < 4.78 is 38.8. The molecule has 1 saturated heterocycles. The first-order valence-corrected chi connectivity index (χ1v) is 11.0. The first-order valence-electron chi connectivity index (χ1n) is 10.2. The summed E-state index contributed by atoms with van der Waals surface area (Å²) in [6, 6.07) is 10.9. The summed E-state index contributed by atoms with van der Waals surface area (Å²) in [5.41, 5.74) is 0.906. The number of likely N-dealkylation sites (tertiary alicyclic amines) is 1. The molecule has 1 aliphatic rings. The van der Waals surface area contributed by atoms with Crippen molar-refractivity contribution in [3.8, 4) is 0 Å². The first kappa shape index (κ1) is 22.7. The van der Waals surface area contributed by atoms with Crippen LogP contribution in [0.15, 0.2) is 48.5 Å². The molecule has 172 valence electrons. The molecule has 3 amide bonds. The Balaban J connectivity index is 1.44. The van der Waals surface area contributed by atoms with E-state index in [0.717, 1.165) is 29.0 Å². The molecule has 1 aromatic heterocycles. The zero-order chi connectivity index (χ0) is 23.6. The zero-order valence-electron chi connectivity index (χ0n) is 17.5. The van der Waals surface area contributed by atoms with Crippen LogP contribution in [0.25, 0.3) is 0 Å². The Kier molecular flexibility index (Phi) is 6.32. The minimum atomic E-state index is -4.50. The fourth-order valence-corrected chi connectivity index (χ4v) is 4.40. The van der Waals surface area contributed by atoms with Gasteiger partial charge in [0.25, 0.3) is 5.91 Å². The van der Waals surface area contributed by atoms with E-state index in [-0.39, 0.29) is 10.7 Å². The molecule has 2 heterocycles. The van der Waals surface area contributed by atoms with Gasteiger partial charge in [-0.2, -0.15) is 13.2 Å². The Morgan fingerprint density at radius 1 is 1.06 bits per heavy atom. The lowest BCUT2D eigenvalue weighted by Crippen LogP contribution is -2.34. The molecular weight excluding hydrogens is 455 g/mol. The highest BCUT2D eigenvalue weighted by molar-refractivity contribution is 7.13. The molecule has 1 aliphatic heterocycles. The number of urea groups is 1. The molecule has 1 unspecified atom stereocenters. The molecule has 7 nitrogen and oxygen atoms in total. The predicted molar refractivity (Wildman–Crippen MR) is 118 cm³/mol. The van der Waals surface area contributed by atoms with Crippen LogP contribution in [0.3, 0.4) is 0 Å². The molecule has 2 aromatic carbocycles. The second kappa shape index (κ2) is 9.18. The SMILES string of the molecule is Cc1ccc(NC(=O)c2nnc(C3CCCN3C(=O)Nc3cccc(C(F)(F)F)c3)s2)cc1. The number of carbonyl (C=O) groups excluding carboxylic acids is 2. The van der Waals surface area contributed by atoms with Crippen LogP contribution in [0.5, 0.6) is 0 Å². The van der Waals surface area contributed by atoms with Crippen molar-refractivity contribution in [3.63, 3.8) is 0 Å². The van der Waals surface area contributed by atoms with Gasteiger partial charge in [-0.1, -0.05) is 35.1 Å². The van der Waals surface area contributed by atoms with E-state index in [0.29, 0.717) is 30.1 Å². The molecule has 0 aliphatic carbocycles. The smallest absolute Gasteiger partial charge is 0.320 e. The maximum Gasteiger partial charge on any atom is 0.416 e. The number of rotatable bonds is 4. The number of aromatic nitrogens is 2. The van der Waals surface area contributed by atoms with Crippen LogP contribution >= 0.6 is 11.3 Å². The lowest BCUT2D eigenvalue weighted by Gasteiger charge is -2.23. The monoisotopic (exact) mass is 475 g/mol. The zero-order valence-corrected chi connectivity index (χ0v) is 18.3. The van der Waals surface area contributed by atoms with Crippen molar-refractivity contribution < 1.29 is 22.8 Å². The molecule has 1 atom stereocenters. The van der Waals surface area contributed by atoms with E-state index in [1.807, 2.05) is 19.1 Å². The molecular formula is C22H20F3N5O2S. The van der Waals surface area contributed by atoms with Crippen molar-refractivity contribution in [3.05, 3.63) is 69.7 Å². The topological polar surface area (TPSA) is 87.2 Å². The normalized spacial score (nSPS) is 16.0. The molecule has 0 bridgehead atoms. The average Bonchev–Trinajstić information content (AvgIpc) is 3.44. The van der Waals surface area contributed by atoms with Crippen molar-refractivity contribution in [2.24, 2.45) is 0 Å². The summed E-state index contributed by atoms with van der Waals surface area (Å²) in [7, 11) is 0. The molecule has 0 spiro atoms. The minimum absolute atomic E-state index is 0.0518. The van der Waals surface area contributed by atoms with E-state index in [9.17, 15) is 22.8 Å². The molecule has 11 heteroatoms. The highest BCUT2D eigenvalue weighted by atomic mass is 32.1. The summed E-state index contributed by atoms with van der Waals surface area (Å²) in [6.45, 7) is 2.36. The van der Waals surface area contributed by atoms with Crippen LogP contribution in [0, 0.1) is 6.92 Å². The maximum atomic E-state index is 12.9. The third-order valence-corrected chi connectivity index (χ3v) is 6.21. The summed E-state index contributed by atoms with van der Waals surface area (Å²) in [4.78, 5) is 26.8. The summed E-state index contributed by atoms with van der Waals surface area (Å²) in [6.07, 6.45) is -3.19. The number of amides is 3. The standard InChI is InChI=1S/C22H20F3N5O2S/c1-13-7-9-15(10-8-13)26-18(31)20-29-28-19(33-20)17-6-3-11-30(17)21(32)27-16-5-2-4-14(12-16)22(23,24)25/h2,4-5,7-10,12,17H,3,6,11H2,1H3,(H,26,31)(H,27,32). The van der Waals surface area contributed by atoms with Crippen LogP contribution in [-0.4, -0.2) is 33.6 Å². The van der Waals surface area contributed by atoms with E-state index >= 15 is 0 Å². The van der Waals surface area contributed by atoms with Gasteiger partial charge in [0.05, 0.1) is 11.6 Å². The van der Waals surface area contributed by atoms with E-state index < -0.39 is 29.7 Å². The molecule has 33 heavy (non-hydrogen) atoms. The lowest BCUT2D eigenvalue weighted by atomic mass is 10.2. The van der Waals surface area contributed by atoms with Crippen molar-refractivity contribution in [2.75, 3.05) is 17.2 Å². The number of nitrogens with one attached hydrogen (secondary N) is 2. The van der Waals surface area contributed by atoms with Gasteiger partial charge in [-0.3, -0.25) is 4.79 Å². The van der Waals surface area contributed by atoms with Gasteiger partial charge < -0.3 is 15.5 Å². The number of benzene rings is 2. The Hall–Kier alpha value is -3.47. The van der Waals surface area contributed by atoms with Crippen LogP contribution in [0.2, 0.25) is 0 Å². The van der Waals surface area contributed by atoms with E-state index in [2.05, 4.69) is 20.8 Å². The largest absolute Gasteiger partial charge is 0.416 e. The van der Waals surface area contributed by atoms with Crippen LogP contribution in [-0.2, 0) is 6.18 Å². The Morgan fingerprint density at radius 2 is 1.82 bits per heavy atom. The van der Waals surface area contributed by atoms with E-state index in [1.165, 1.54) is 17.0 Å². The number of anilines is 2. The fraction of sp³-hybridized carbons (Fsp3) is 0.273. The van der Waals surface area contributed by atoms with Gasteiger partial charge in [-0.25, -0.2) is 4.79 Å². The molecule has 1 fully saturated rings. The number of carbonyl (C=O) groups is 2. The molecule has 4 rings (SSSR count). The quantitative estimate of drug-likeness (QED) is 0.523. The lowest BCUT2D eigenvalue weighted by molar-refractivity contribution is -0.137. The summed E-state index contributed by atoms with van der Waals surface area (Å²) in [5.74, 6) is -0.402. The Bertz CT molecular complexity index is 1160. The van der Waals surface area contributed by atoms with Gasteiger partial charge in [0.2, 0.25) is 5.01 Å².